The Labute approximate surface area is 78.7 Å². The molecule has 13 heavy (non-hydrogen) atoms. The maximum Gasteiger partial charge on any atom is 0.505 e. The summed E-state index contributed by atoms with van der Waals surface area (Å²) in [7, 11) is 0. The van der Waals surface area contributed by atoms with Crippen LogP contribution in [0.1, 0.15) is 0 Å². The van der Waals surface area contributed by atoms with Gasteiger partial charge >= 0.3 is 11.7 Å². The van der Waals surface area contributed by atoms with Gasteiger partial charge in [-0.3, -0.25) is 0 Å². The molecule has 0 aliphatic rings. The molecule has 0 amide bonds. The third-order valence-corrected chi connectivity index (χ3v) is 2.46. The first kappa shape index (κ1) is 8.26. The average molecular weight is 193 g/mol. The van der Waals surface area contributed by atoms with E-state index in [0.717, 1.165) is 0 Å². The van der Waals surface area contributed by atoms with E-state index in [0.29, 0.717) is 27.3 Å². The lowest BCUT2D eigenvalue weighted by Gasteiger charge is -1.95. The highest BCUT2D eigenvalue weighted by atomic mass is 32.1. The third-order valence-electron chi connectivity index (χ3n) is 1.92. The van der Waals surface area contributed by atoms with Gasteiger partial charge < -0.3 is 0 Å². The zero-order valence-electron chi connectivity index (χ0n) is 6.66. The van der Waals surface area contributed by atoms with Crippen molar-refractivity contribution in [3.8, 4) is 0 Å². The number of rotatable bonds is 1. The van der Waals surface area contributed by atoms with E-state index in [2.05, 4.69) is 0 Å². The van der Waals surface area contributed by atoms with Crippen LogP contribution < -0.4 is 0 Å². The molecule has 2 rings (SSSR count). The molecule has 0 saturated heterocycles. The highest BCUT2D eigenvalue weighted by Gasteiger charge is 2.13. The van der Waals surface area contributed by atoms with E-state index in [-0.39, 0.29) is 5.82 Å². The minimum Gasteiger partial charge on any atom is -0.206 e. The third kappa shape index (κ3) is 1.31. The van der Waals surface area contributed by atoms with Crippen LogP contribution >= 0.6 is 0 Å². The van der Waals surface area contributed by atoms with Crippen LogP contribution in [0.2, 0.25) is 0 Å². The van der Waals surface area contributed by atoms with Crippen molar-refractivity contribution < 1.29 is 8.60 Å². The molecule has 64 valence electrons. The Hall–Kier alpha value is -1.35. The number of hydrogen-bond donors (Lipinski definition) is 0. The summed E-state index contributed by atoms with van der Waals surface area (Å²) in [5, 5.41) is 1.19. The Morgan fingerprint density at radius 2 is 1.69 bits per heavy atom. The van der Waals surface area contributed by atoms with Crippen molar-refractivity contribution >= 4 is 22.4 Å². The van der Waals surface area contributed by atoms with E-state index in [1.165, 1.54) is 12.1 Å². The van der Waals surface area contributed by atoms with Gasteiger partial charge in [0.2, 0.25) is 0 Å². The number of hydrogen-bond acceptors (Lipinski definition) is 1. The Balaban J connectivity index is 2.92. The van der Waals surface area contributed by atoms with Gasteiger partial charge in [0.1, 0.15) is 5.82 Å². The molecule has 3 heteroatoms. The number of halogens is 1. The van der Waals surface area contributed by atoms with Gasteiger partial charge in [0.25, 0.3) is 4.90 Å². The first-order valence-electron chi connectivity index (χ1n) is 3.80. The van der Waals surface area contributed by atoms with E-state index < -0.39 is 0 Å². The molecule has 0 atom stereocenters. The molecule has 0 aliphatic carbocycles. The molecule has 0 aliphatic heterocycles. The van der Waals surface area contributed by atoms with Gasteiger partial charge in [0, 0.05) is 15.7 Å². The van der Waals surface area contributed by atoms with Crippen LogP contribution in [0.25, 0.3) is 10.8 Å². The minimum absolute atomic E-state index is 0.284. The summed E-state index contributed by atoms with van der Waals surface area (Å²) >= 11 is 0.390. The molecule has 0 unspecified atom stereocenters. The number of fused-ring (bicyclic) bond motifs is 1. The molecular weight excluding hydrogens is 187 g/mol. The van der Waals surface area contributed by atoms with Crippen LogP contribution in [-0.2, 0) is 15.9 Å². The summed E-state index contributed by atoms with van der Waals surface area (Å²) in [6.07, 6.45) is 0. The Morgan fingerprint density at radius 3 is 2.38 bits per heavy atom. The fraction of sp³-hybridized carbons (Fsp3) is 0. The van der Waals surface area contributed by atoms with E-state index in [4.69, 9.17) is 0 Å². The molecule has 0 N–H and O–H groups in total. The van der Waals surface area contributed by atoms with Gasteiger partial charge in [0.15, 0.2) is 0 Å². The smallest absolute Gasteiger partial charge is 0.206 e. The van der Waals surface area contributed by atoms with E-state index in [9.17, 15) is 8.60 Å². The zero-order valence-corrected chi connectivity index (χ0v) is 7.48. The zero-order chi connectivity index (χ0) is 9.26. The van der Waals surface area contributed by atoms with Gasteiger partial charge in [0.05, 0.1) is 5.39 Å². The monoisotopic (exact) mass is 193 g/mol. The Kier molecular flexibility index (Phi) is 2.02. The first-order chi connectivity index (χ1) is 6.33. The summed E-state index contributed by atoms with van der Waals surface area (Å²) in [6.45, 7) is 0. The van der Waals surface area contributed by atoms with Crippen molar-refractivity contribution in [2.75, 3.05) is 0 Å². The Bertz CT molecular complexity index is 467. The second-order valence-corrected chi connectivity index (χ2v) is 3.28. The van der Waals surface area contributed by atoms with Gasteiger partial charge in [-0.1, -0.05) is 18.2 Å². The molecule has 0 fully saturated rings. The highest BCUT2D eigenvalue weighted by Crippen LogP contribution is 2.21. The van der Waals surface area contributed by atoms with Gasteiger partial charge in [-0.05, 0) is 12.1 Å². The lowest BCUT2D eigenvalue weighted by Crippen LogP contribution is -1.82. The quantitative estimate of drug-likeness (QED) is 0.636. The normalized spacial score (nSPS) is 10.2. The molecule has 2 aromatic rings. The summed E-state index contributed by atoms with van der Waals surface area (Å²) in [6, 6.07) is 9.80. The fourth-order valence-corrected chi connectivity index (χ4v) is 1.70. The molecule has 0 saturated carbocycles. The fourth-order valence-electron chi connectivity index (χ4n) is 1.31. The molecule has 0 aromatic heterocycles. The van der Waals surface area contributed by atoms with Gasteiger partial charge in [-0.15, -0.1) is 0 Å². The average Bonchev–Trinajstić information content (AvgIpc) is 2.19. The van der Waals surface area contributed by atoms with Gasteiger partial charge in [-0.2, -0.15) is 0 Å². The maximum atomic E-state index is 13.2. The molecule has 0 heterocycles. The lowest BCUT2D eigenvalue weighted by molar-refractivity contribution is 0.605. The summed E-state index contributed by atoms with van der Waals surface area (Å²) in [5.41, 5.74) is 0. The predicted octanol–water partition coefficient (Wildman–Crippen LogP) is 2.77. The Morgan fingerprint density at radius 1 is 1.00 bits per heavy atom. The number of benzene rings is 2. The van der Waals surface area contributed by atoms with Crippen LogP contribution in [0.3, 0.4) is 0 Å². The highest BCUT2D eigenvalue weighted by molar-refractivity contribution is 7.65. The summed E-state index contributed by atoms with van der Waals surface area (Å²) in [5.74, 6) is -0.284. The van der Waals surface area contributed by atoms with Crippen LogP contribution in [0.15, 0.2) is 41.3 Å². The predicted molar refractivity (Wildman–Crippen MR) is 50.2 cm³/mol. The van der Waals surface area contributed by atoms with E-state index in [1.807, 2.05) is 0 Å². The van der Waals surface area contributed by atoms with E-state index >= 15 is 0 Å². The standard InChI is InChI=1S/C10H6FOS/c11-9-5-6-10(13-12)8-4-2-1-3-7(8)9/h1-6H/q+1. The maximum absolute atomic E-state index is 13.2. The molecule has 0 bridgehead atoms. The van der Waals surface area contributed by atoms with Crippen molar-refractivity contribution in [3.63, 3.8) is 0 Å². The second-order valence-electron chi connectivity index (χ2n) is 2.67. The lowest BCUT2D eigenvalue weighted by atomic mass is 10.1. The molecule has 0 radical (unpaired) electrons. The van der Waals surface area contributed by atoms with Crippen LogP contribution in [0, 0.1) is 5.82 Å². The van der Waals surface area contributed by atoms with Crippen LogP contribution in [0.5, 0.6) is 0 Å². The van der Waals surface area contributed by atoms with Crippen molar-refractivity contribution in [2.45, 2.75) is 4.90 Å². The van der Waals surface area contributed by atoms with Gasteiger partial charge in [-0.25, -0.2) is 4.39 Å². The van der Waals surface area contributed by atoms with Crippen molar-refractivity contribution in [1.29, 1.82) is 0 Å². The largest absolute Gasteiger partial charge is 0.505 e. The molecule has 1 nitrogen and oxygen atoms in total. The topological polar surface area (TPSA) is 17.1 Å². The summed E-state index contributed by atoms with van der Waals surface area (Å²) < 4.78 is 23.8. The van der Waals surface area contributed by atoms with Crippen LogP contribution in [0.4, 0.5) is 4.39 Å². The van der Waals surface area contributed by atoms with E-state index in [1.54, 1.807) is 24.3 Å². The first-order valence-corrected chi connectivity index (χ1v) is 4.54. The second kappa shape index (κ2) is 3.18. The molecule has 2 aromatic carbocycles. The van der Waals surface area contributed by atoms with Crippen LogP contribution in [-0.4, -0.2) is 0 Å². The van der Waals surface area contributed by atoms with Crippen molar-refractivity contribution in [2.24, 2.45) is 0 Å². The van der Waals surface area contributed by atoms with Crippen molar-refractivity contribution in [3.05, 3.63) is 42.2 Å². The summed E-state index contributed by atoms with van der Waals surface area (Å²) in [4.78, 5) is 0.567. The SMILES string of the molecule is O=[S+]c1ccc(F)c2ccccc12. The molecular formula is C10H6FOS+. The minimum atomic E-state index is -0.284. The van der Waals surface area contributed by atoms with Crippen molar-refractivity contribution in [1.82, 2.24) is 0 Å². The molecule has 0 spiro atoms.